The summed E-state index contributed by atoms with van der Waals surface area (Å²) in [4.78, 5) is 37.0. The Kier molecular flexibility index (Phi) is 6.96. The van der Waals surface area contributed by atoms with Crippen molar-refractivity contribution < 1.29 is 24.2 Å². The Morgan fingerprint density at radius 1 is 1.00 bits per heavy atom. The van der Waals surface area contributed by atoms with E-state index in [2.05, 4.69) is 22.8 Å². The summed E-state index contributed by atoms with van der Waals surface area (Å²) in [5.74, 6) is -1.62. The van der Waals surface area contributed by atoms with E-state index in [0.717, 1.165) is 41.5 Å². The van der Waals surface area contributed by atoms with Gasteiger partial charge in [-0.25, -0.2) is 9.59 Å². The van der Waals surface area contributed by atoms with Gasteiger partial charge in [-0.3, -0.25) is 4.79 Å². The molecule has 174 valence electrons. The highest BCUT2D eigenvalue weighted by Crippen LogP contribution is 2.44. The van der Waals surface area contributed by atoms with E-state index in [-0.39, 0.29) is 18.4 Å². The van der Waals surface area contributed by atoms with Crippen molar-refractivity contribution in [1.29, 1.82) is 0 Å². The number of hydrogen-bond acceptors (Lipinski definition) is 4. The van der Waals surface area contributed by atoms with Gasteiger partial charge in [0.25, 0.3) is 0 Å². The van der Waals surface area contributed by atoms with E-state index >= 15 is 0 Å². The smallest absolute Gasteiger partial charge is 0.407 e. The van der Waals surface area contributed by atoms with E-state index in [1.54, 1.807) is 0 Å². The second-order valence-corrected chi connectivity index (χ2v) is 8.83. The van der Waals surface area contributed by atoms with Crippen LogP contribution in [-0.2, 0) is 14.3 Å². The van der Waals surface area contributed by atoms with Crippen molar-refractivity contribution in [1.82, 2.24) is 10.6 Å². The number of carbonyl (C=O) groups excluding carboxylic acids is 2. The van der Waals surface area contributed by atoms with Crippen LogP contribution in [0.5, 0.6) is 0 Å². The molecule has 0 saturated heterocycles. The van der Waals surface area contributed by atoms with E-state index in [0.29, 0.717) is 12.8 Å². The second-order valence-electron chi connectivity index (χ2n) is 8.83. The van der Waals surface area contributed by atoms with Gasteiger partial charge in [-0.2, -0.15) is 0 Å². The van der Waals surface area contributed by atoms with Crippen LogP contribution in [0.25, 0.3) is 11.1 Å². The van der Waals surface area contributed by atoms with Gasteiger partial charge in [0.2, 0.25) is 5.91 Å². The lowest BCUT2D eigenvalue weighted by Crippen LogP contribution is -2.55. The van der Waals surface area contributed by atoms with E-state index in [9.17, 15) is 19.5 Å². The third-order valence-corrected chi connectivity index (χ3v) is 6.71. The van der Waals surface area contributed by atoms with Gasteiger partial charge in [-0.05, 0) is 47.4 Å². The summed E-state index contributed by atoms with van der Waals surface area (Å²) < 4.78 is 5.59. The lowest BCUT2D eigenvalue weighted by atomic mass is 9.79. The van der Waals surface area contributed by atoms with Gasteiger partial charge >= 0.3 is 12.1 Å². The van der Waals surface area contributed by atoms with Gasteiger partial charge < -0.3 is 20.5 Å². The zero-order valence-corrected chi connectivity index (χ0v) is 18.8. The van der Waals surface area contributed by atoms with Crippen molar-refractivity contribution in [3.8, 4) is 11.1 Å². The van der Waals surface area contributed by atoms with Crippen molar-refractivity contribution >= 4 is 18.0 Å². The number of rotatable bonds is 9. The molecular weight excluding hydrogens is 420 g/mol. The molecule has 7 nitrogen and oxygen atoms in total. The average molecular weight is 451 g/mol. The SMILES string of the molecule is CCCC(NC(=O)C(NC(=O)OCC1c2ccccc2-c2ccccc21)C1CCC1)C(=O)O. The normalized spacial score (nSPS) is 16.6. The van der Waals surface area contributed by atoms with Crippen molar-refractivity contribution in [3.05, 3.63) is 59.7 Å². The molecule has 1 saturated carbocycles. The minimum absolute atomic E-state index is 0.0125. The fourth-order valence-corrected chi connectivity index (χ4v) is 4.75. The Morgan fingerprint density at radius 3 is 2.12 bits per heavy atom. The van der Waals surface area contributed by atoms with Crippen LogP contribution in [-0.4, -0.2) is 41.8 Å². The number of ether oxygens (including phenoxy) is 1. The van der Waals surface area contributed by atoms with Crippen LogP contribution in [0.3, 0.4) is 0 Å². The molecule has 2 aromatic rings. The van der Waals surface area contributed by atoms with Gasteiger partial charge in [0.05, 0.1) is 0 Å². The van der Waals surface area contributed by atoms with Crippen LogP contribution < -0.4 is 10.6 Å². The zero-order valence-electron chi connectivity index (χ0n) is 18.8. The minimum atomic E-state index is -1.07. The molecule has 2 amide bonds. The zero-order chi connectivity index (χ0) is 23.4. The number of carboxylic acid groups (broad SMARTS) is 1. The summed E-state index contributed by atoms with van der Waals surface area (Å²) in [5, 5.41) is 14.7. The van der Waals surface area contributed by atoms with Crippen LogP contribution in [0.2, 0.25) is 0 Å². The summed E-state index contributed by atoms with van der Waals surface area (Å²) in [5.41, 5.74) is 4.52. The molecule has 2 aliphatic rings. The first-order valence-corrected chi connectivity index (χ1v) is 11.6. The number of amides is 2. The van der Waals surface area contributed by atoms with Crippen molar-refractivity contribution in [3.63, 3.8) is 0 Å². The second kappa shape index (κ2) is 10.1. The first-order chi connectivity index (χ1) is 16.0. The molecule has 4 rings (SSSR count). The summed E-state index contributed by atoms with van der Waals surface area (Å²) in [6.07, 6.45) is 2.92. The van der Waals surface area contributed by atoms with Gasteiger partial charge in [0.15, 0.2) is 0 Å². The quantitative estimate of drug-likeness (QED) is 0.534. The Morgan fingerprint density at radius 2 is 1.61 bits per heavy atom. The van der Waals surface area contributed by atoms with Crippen LogP contribution >= 0.6 is 0 Å². The number of hydrogen-bond donors (Lipinski definition) is 3. The van der Waals surface area contributed by atoms with Gasteiger partial charge in [-0.1, -0.05) is 68.3 Å². The first kappa shape index (κ1) is 22.8. The minimum Gasteiger partial charge on any atom is -0.480 e. The molecule has 0 heterocycles. The standard InChI is InChI=1S/C26H30N2O5/c1-2-8-22(25(30)31)27-24(29)23(16-9-7-10-16)28-26(32)33-15-21-19-13-5-3-11-17(19)18-12-4-6-14-20(18)21/h3-6,11-14,16,21-23H,2,7-10,15H2,1H3,(H,27,29)(H,28,32)(H,30,31). The van der Waals surface area contributed by atoms with Crippen molar-refractivity contribution in [2.24, 2.45) is 5.92 Å². The number of nitrogens with one attached hydrogen (secondary N) is 2. The molecule has 1 fully saturated rings. The molecule has 33 heavy (non-hydrogen) atoms. The molecule has 7 heteroatoms. The number of fused-ring (bicyclic) bond motifs is 3. The molecule has 2 unspecified atom stereocenters. The maximum absolute atomic E-state index is 12.8. The molecule has 2 aliphatic carbocycles. The average Bonchev–Trinajstić information content (AvgIpc) is 3.09. The monoisotopic (exact) mass is 450 g/mol. The van der Waals surface area contributed by atoms with Crippen molar-refractivity contribution in [2.45, 2.75) is 57.0 Å². The number of alkyl carbamates (subject to hydrolysis) is 1. The predicted octanol–water partition coefficient (Wildman–Crippen LogP) is 4.06. The molecule has 2 aromatic carbocycles. The Bertz CT molecular complexity index is 987. The van der Waals surface area contributed by atoms with Crippen molar-refractivity contribution in [2.75, 3.05) is 6.61 Å². The summed E-state index contributed by atoms with van der Waals surface area (Å²) >= 11 is 0. The van der Waals surface area contributed by atoms with Crippen LogP contribution in [0.1, 0.15) is 56.1 Å². The molecule has 3 N–H and O–H groups in total. The molecule has 0 radical (unpaired) electrons. The van der Waals surface area contributed by atoms with Gasteiger partial charge in [-0.15, -0.1) is 0 Å². The van der Waals surface area contributed by atoms with E-state index in [1.165, 1.54) is 0 Å². The van der Waals surface area contributed by atoms with Crippen LogP contribution in [0.4, 0.5) is 4.79 Å². The highest BCUT2D eigenvalue weighted by Gasteiger charge is 2.36. The third kappa shape index (κ3) is 4.87. The van der Waals surface area contributed by atoms with Crippen LogP contribution in [0.15, 0.2) is 48.5 Å². The summed E-state index contributed by atoms with van der Waals surface area (Å²) in [7, 11) is 0. The fraction of sp³-hybridized carbons (Fsp3) is 0.423. The Balaban J connectivity index is 1.41. The molecule has 2 atom stereocenters. The Labute approximate surface area is 193 Å². The largest absolute Gasteiger partial charge is 0.480 e. The molecule has 0 aliphatic heterocycles. The number of aliphatic carboxylic acids is 1. The lowest BCUT2D eigenvalue weighted by molar-refractivity contribution is -0.142. The third-order valence-electron chi connectivity index (χ3n) is 6.71. The number of benzene rings is 2. The maximum Gasteiger partial charge on any atom is 0.407 e. The topological polar surface area (TPSA) is 105 Å². The number of carboxylic acids is 1. The van der Waals surface area contributed by atoms with Crippen LogP contribution in [0, 0.1) is 5.92 Å². The summed E-state index contributed by atoms with van der Waals surface area (Å²) in [6.45, 7) is 2.02. The van der Waals surface area contributed by atoms with Gasteiger partial charge in [0.1, 0.15) is 18.7 Å². The number of carbonyl (C=O) groups is 3. The fourth-order valence-electron chi connectivity index (χ4n) is 4.75. The molecule has 0 spiro atoms. The van der Waals surface area contributed by atoms with E-state index in [4.69, 9.17) is 4.74 Å². The Hall–Kier alpha value is -3.35. The summed E-state index contributed by atoms with van der Waals surface area (Å²) in [6, 6.07) is 14.4. The highest BCUT2D eigenvalue weighted by atomic mass is 16.5. The molecule has 0 aromatic heterocycles. The first-order valence-electron chi connectivity index (χ1n) is 11.6. The van der Waals surface area contributed by atoms with Gasteiger partial charge in [0, 0.05) is 5.92 Å². The maximum atomic E-state index is 12.8. The molecule has 0 bridgehead atoms. The van der Waals surface area contributed by atoms with E-state index in [1.807, 2.05) is 43.3 Å². The highest BCUT2D eigenvalue weighted by molar-refractivity contribution is 5.89. The van der Waals surface area contributed by atoms with E-state index < -0.39 is 30.1 Å². The molecular formula is C26H30N2O5. The lowest BCUT2D eigenvalue weighted by Gasteiger charge is -2.33. The predicted molar refractivity (Wildman–Crippen MR) is 124 cm³/mol.